The number of para-hydroxylation sites is 1. The molecule has 162 valence electrons. The van der Waals surface area contributed by atoms with Crippen molar-refractivity contribution >= 4 is 23.2 Å². The molecule has 1 atom stereocenters. The lowest BCUT2D eigenvalue weighted by Gasteiger charge is -2.30. The first-order chi connectivity index (χ1) is 15.5. The number of rotatable bonds is 5. The van der Waals surface area contributed by atoms with Gasteiger partial charge in [0.15, 0.2) is 0 Å². The van der Waals surface area contributed by atoms with Crippen molar-refractivity contribution in [3.05, 3.63) is 64.5 Å². The van der Waals surface area contributed by atoms with Gasteiger partial charge in [-0.2, -0.15) is 0 Å². The Hall–Kier alpha value is -3.63. The first-order valence-electron chi connectivity index (χ1n) is 10.4. The van der Waals surface area contributed by atoms with Crippen molar-refractivity contribution in [3.8, 4) is 34.6 Å². The highest BCUT2D eigenvalue weighted by molar-refractivity contribution is 7.14. The average molecular weight is 446 g/mol. The van der Waals surface area contributed by atoms with Crippen molar-refractivity contribution in [1.29, 1.82) is 0 Å². The Morgan fingerprint density at radius 1 is 1.12 bits per heavy atom. The molecule has 4 rings (SSSR count). The molecule has 0 unspecified atom stereocenters. The number of primary amides is 1. The summed E-state index contributed by atoms with van der Waals surface area (Å²) in [6.07, 6.45) is 1.77. The lowest BCUT2D eigenvalue weighted by atomic mass is 9.98. The fourth-order valence-corrected chi connectivity index (χ4v) is 4.79. The Balaban J connectivity index is 1.57. The van der Waals surface area contributed by atoms with Crippen LogP contribution in [0.5, 0.6) is 11.5 Å². The first-order valence-corrected chi connectivity index (χ1v) is 11.2. The third kappa shape index (κ3) is 4.82. The van der Waals surface area contributed by atoms with Gasteiger partial charge in [0, 0.05) is 24.6 Å². The molecule has 32 heavy (non-hydrogen) atoms. The van der Waals surface area contributed by atoms with E-state index in [2.05, 4.69) is 11.8 Å². The highest BCUT2D eigenvalue weighted by Crippen LogP contribution is 2.36. The highest BCUT2D eigenvalue weighted by Gasteiger charge is 2.28. The van der Waals surface area contributed by atoms with Crippen LogP contribution < -0.4 is 10.5 Å². The highest BCUT2D eigenvalue weighted by atomic mass is 32.1. The van der Waals surface area contributed by atoms with Crippen LogP contribution in [0, 0.1) is 11.8 Å². The molecule has 1 aromatic heterocycles. The van der Waals surface area contributed by atoms with Gasteiger partial charge in [0.1, 0.15) is 16.4 Å². The average Bonchev–Trinajstić information content (AvgIpc) is 3.27. The van der Waals surface area contributed by atoms with Gasteiger partial charge in [0.25, 0.3) is 11.8 Å². The number of carbonyl (C=O) groups excluding carboxylic acids is 2. The number of likely N-dealkylation sites (tertiary alicyclic amines) is 1. The molecule has 0 spiro atoms. The minimum Gasteiger partial charge on any atom is -0.457 e. The number of amides is 2. The topological polar surface area (TPSA) is 85.5 Å². The van der Waals surface area contributed by atoms with Crippen LogP contribution in [-0.4, -0.2) is 34.8 Å². The first kappa shape index (κ1) is 21.6. The number of nitrogens with zero attached hydrogens (tertiary/aromatic N) is 2. The normalized spacial score (nSPS) is 15.5. The number of piperidine rings is 1. The summed E-state index contributed by atoms with van der Waals surface area (Å²) in [5, 5.41) is 0.820. The van der Waals surface area contributed by atoms with Gasteiger partial charge < -0.3 is 15.4 Å². The maximum absolute atomic E-state index is 12.2. The third-order valence-corrected chi connectivity index (χ3v) is 6.50. The van der Waals surface area contributed by atoms with E-state index in [1.807, 2.05) is 54.6 Å². The summed E-state index contributed by atoms with van der Waals surface area (Å²) in [5.41, 5.74) is 7.03. The van der Waals surface area contributed by atoms with E-state index in [-0.39, 0.29) is 11.8 Å². The second-order valence-electron chi connectivity index (χ2n) is 7.50. The van der Waals surface area contributed by atoms with Crippen molar-refractivity contribution in [2.45, 2.75) is 25.7 Å². The molecular weight excluding hydrogens is 422 g/mol. The van der Waals surface area contributed by atoms with Crippen molar-refractivity contribution in [1.82, 2.24) is 9.88 Å². The Kier molecular flexibility index (Phi) is 6.52. The zero-order valence-corrected chi connectivity index (χ0v) is 18.5. The quantitative estimate of drug-likeness (QED) is 0.589. The van der Waals surface area contributed by atoms with Crippen LogP contribution >= 0.6 is 11.3 Å². The Morgan fingerprint density at radius 2 is 1.84 bits per heavy atom. The molecule has 0 bridgehead atoms. The number of carbonyl (C=O) groups is 2. The molecule has 0 radical (unpaired) electrons. The van der Waals surface area contributed by atoms with E-state index in [4.69, 9.17) is 15.5 Å². The molecule has 2 N–H and O–H groups in total. The number of aromatic nitrogens is 1. The molecule has 3 aromatic rings. The molecule has 0 aliphatic carbocycles. The van der Waals surface area contributed by atoms with Gasteiger partial charge in [-0.25, -0.2) is 4.98 Å². The fourth-order valence-electron chi connectivity index (χ4n) is 3.73. The Labute approximate surface area is 191 Å². The van der Waals surface area contributed by atoms with Crippen LogP contribution in [0.25, 0.3) is 11.3 Å². The standard InChI is InChI=1S/C25H23N3O3S/c1-2-7-21(29)28-15-6-8-18(16-28)25-27-22(23(32-25)24(26)30)17-11-13-20(14-12-17)31-19-9-4-3-5-10-19/h3-5,9-14,18H,6,8,15-16H2,1H3,(H2,26,30)/t18-/m1/s1. The van der Waals surface area contributed by atoms with Gasteiger partial charge in [0.05, 0.1) is 10.7 Å². The van der Waals surface area contributed by atoms with Crippen molar-refractivity contribution < 1.29 is 14.3 Å². The Morgan fingerprint density at radius 3 is 2.53 bits per heavy atom. The van der Waals surface area contributed by atoms with E-state index in [1.54, 1.807) is 11.8 Å². The van der Waals surface area contributed by atoms with Gasteiger partial charge in [-0.15, -0.1) is 11.3 Å². The summed E-state index contributed by atoms with van der Waals surface area (Å²) in [6.45, 7) is 2.89. The number of hydrogen-bond acceptors (Lipinski definition) is 5. The molecule has 7 heteroatoms. The monoisotopic (exact) mass is 445 g/mol. The van der Waals surface area contributed by atoms with Gasteiger partial charge in [-0.3, -0.25) is 9.59 Å². The maximum atomic E-state index is 12.2. The zero-order valence-electron chi connectivity index (χ0n) is 17.7. The van der Waals surface area contributed by atoms with Gasteiger partial charge >= 0.3 is 0 Å². The van der Waals surface area contributed by atoms with E-state index in [0.29, 0.717) is 29.4 Å². The van der Waals surface area contributed by atoms with Crippen LogP contribution in [0.15, 0.2) is 54.6 Å². The molecule has 1 aliphatic rings. The summed E-state index contributed by atoms with van der Waals surface area (Å²) in [7, 11) is 0. The van der Waals surface area contributed by atoms with E-state index in [0.717, 1.165) is 29.2 Å². The van der Waals surface area contributed by atoms with E-state index in [1.165, 1.54) is 11.3 Å². The number of hydrogen-bond donors (Lipinski definition) is 1. The maximum Gasteiger partial charge on any atom is 0.298 e. The molecule has 1 fully saturated rings. The number of benzene rings is 2. The predicted octanol–water partition coefficient (Wildman–Crippen LogP) is 4.43. The lowest BCUT2D eigenvalue weighted by Crippen LogP contribution is -2.38. The molecule has 1 saturated heterocycles. The molecular formula is C25H23N3O3S. The molecule has 1 aliphatic heterocycles. The molecule has 6 nitrogen and oxygen atoms in total. The summed E-state index contributed by atoms with van der Waals surface area (Å²) in [4.78, 5) is 31.3. The molecule has 2 aromatic carbocycles. The van der Waals surface area contributed by atoms with Crippen LogP contribution in [-0.2, 0) is 4.79 Å². The fraction of sp³-hybridized carbons (Fsp3) is 0.240. The minimum absolute atomic E-state index is 0.0592. The van der Waals surface area contributed by atoms with E-state index >= 15 is 0 Å². The third-order valence-electron chi connectivity index (χ3n) is 5.26. The van der Waals surface area contributed by atoms with Crippen molar-refractivity contribution in [2.24, 2.45) is 5.73 Å². The smallest absolute Gasteiger partial charge is 0.298 e. The molecule has 0 saturated carbocycles. The van der Waals surface area contributed by atoms with Gasteiger partial charge in [0.2, 0.25) is 0 Å². The Bertz CT molecular complexity index is 1180. The number of thiazole rings is 1. The van der Waals surface area contributed by atoms with Crippen molar-refractivity contribution in [2.75, 3.05) is 13.1 Å². The summed E-state index contributed by atoms with van der Waals surface area (Å²) in [6, 6.07) is 17.0. The number of ether oxygens (including phenoxy) is 1. The van der Waals surface area contributed by atoms with Gasteiger partial charge in [-0.1, -0.05) is 24.1 Å². The lowest BCUT2D eigenvalue weighted by molar-refractivity contribution is -0.126. The molecule has 2 heterocycles. The minimum atomic E-state index is -0.506. The number of nitrogens with two attached hydrogens (primary N) is 1. The molecule has 2 amide bonds. The SMILES string of the molecule is CC#CC(=O)N1CCC[C@@H](c2nc(-c3ccc(Oc4ccccc4)cc3)c(C(N)=O)s2)C1. The van der Waals surface area contributed by atoms with Crippen LogP contribution in [0.1, 0.15) is 40.4 Å². The second-order valence-corrected chi connectivity index (χ2v) is 8.53. The largest absolute Gasteiger partial charge is 0.457 e. The van der Waals surface area contributed by atoms with Crippen LogP contribution in [0.3, 0.4) is 0 Å². The van der Waals surface area contributed by atoms with E-state index in [9.17, 15) is 9.59 Å². The van der Waals surface area contributed by atoms with Gasteiger partial charge in [-0.05, 0) is 62.1 Å². The summed E-state index contributed by atoms with van der Waals surface area (Å²) >= 11 is 1.31. The van der Waals surface area contributed by atoms with Crippen LogP contribution in [0.4, 0.5) is 0 Å². The van der Waals surface area contributed by atoms with Crippen molar-refractivity contribution in [3.63, 3.8) is 0 Å². The predicted molar refractivity (Wildman–Crippen MR) is 125 cm³/mol. The zero-order chi connectivity index (χ0) is 22.5. The second kappa shape index (κ2) is 9.67. The summed E-state index contributed by atoms with van der Waals surface area (Å²) < 4.78 is 5.84. The van der Waals surface area contributed by atoms with Crippen LogP contribution in [0.2, 0.25) is 0 Å². The van der Waals surface area contributed by atoms with E-state index < -0.39 is 5.91 Å². The summed E-state index contributed by atoms with van der Waals surface area (Å²) in [5.74, 6) is 6.09.